The van der Waals surface area contributed by atoms with Gasteiger partial charge in [-0.05, 0) is 11.1 Å². The van der Waals surface area contributed by atoms with Gasteiger partial charge in [-0.25, -0.2) is 0 Å². The van der Waals surface area contributed by atoms with Crippen LogP contribution in [0.15, 0.2) is 96.2 Å². The molecule has 78 valence electrons. The largest absolute Gasteiger partial charge is 0.0622 e. The summed E-state index contributed by atoms with van der Waals surface area (Å²) in [4.78, 5) is 0. The lowest BCUT2D eigenvalue weighted by atomic mass is 10.2. The molecule has 0 heterocycles. The molecular formula is C16H14. The predicted octanol–water partition coefficient (Wildman–Crippen LogP) is 4.20. The van der Waals surface area contributed by atoms with Crippen LogP contribution in [0.2, 0.25) is 0 Å². The van der Waals surface area contributed by atoms with E-state index in [1.807, 2.05) is 48.6 Å². The van der Waals surface area contributed by atoms with Gasteiger partial charge in [-0.15, -0.1) is 0 Å². The van der Waals surface area contributed by atoms with Gasteiger partial charge in [-0.1, -0.05) is 85.1 Å². The molecule has 0 spiro atoms. The van der Waals surface area contributed by atoms with E-state index in [-0.39, 0.29) is 0 Å². The maximum Gasteiger partial charge on any atom is -0.0257 e. The van der Waals surface area contributed by atoms with Crippen LogP contribution < -0.4 is 0 Å². The summed E-state index contributed by atoms with van der Waals surface area (Å²) in [5, 5.41) is 0. The maximum absolute atomic E-state index is 2.09. The van der Waals surface area contributed by atoms with Crippen LogP contribution in [0.1, 0.15) is 0 Å². The summed E-state index contributed by atoms with van der Waals surface area (Å²) < 4.78 is 0. The molecular weight excluding hydrogens is 192 g/mol. The van der Waals surface area contributed by atoms with Crippen molar-refractivity contribution >= 4 is 0 Å². The summed E-state index contributed by atoms with van der Waals surface area (Å²) in [6.07, 6.45) is 28.9. The van der Waals surface area contributed by atoms with Crippen molar-refractivity contribution in [1.82, 2.24) is 0 Å². The molecule has 0 unspecified atom stereocenters. The average molecular weight is 206 g/mol. The van der Waals surface area contributed by atoms with Gasteiger partial charge < -0.3 is 0 Å². The van der Waals surface area contributed by atoms with Gasteiger partial charge in [-0.2, -0.15) is 0 Å². The highest BCUT2D eigenvalue weighted by molar-refractivity contribution is 5.43. The summed E-state index contributed by atoms with van der Waals surface area (Å²) >= 11 is 0. The second kappa shape index (κ2) is 5.72. The molecule has 0 aromatic carbocycles. The van der Waals surface area contributed by atoms with Gasteiger partial charge in [0.15, 0.2) is 0 Å². The van der Waals surface area contributed by atoms with Crippen molar-refractivity contribution in [2.24, 2.45) is 0 Å². The Hall–Kier alpha value is -2.08. The Balaban J connectivity index is 1.83. The van der Waals surface area contributed by atoms with Crippen LogP contribution in [0.4, 0.5) is 0 Å². The molecule has 0 amide bonds. The molecule has 0 saturated carbocycles. The molecule has 0 aromatic heterocycles. The van der Waals surface area contributed by atoms with Gasteiger partial charge in [0.05, 0.1) is 0 Å². The Labute approximate surface area is 96.7 Å². The molecule has 0 aliphatic heterocycles. The van der Waals surface area contributed by atoms with Gasteiger partial charge in [-0.3, -0.25) is 0 Å². The summed E-state index contributed by atoms with van der Waals surface area (Å²) in [6, 6.07) is 0. The second-order valence-electron chi connectivity index (χ2n) is 3.54. The first kappa shape index (κ1) is 10.4. The van der Waals surface area contributed by atoms with Crippen LogP contribution in [-0.4, -0.2) is 0 Å². The quantitative estimate of drug-likeness (QED) is 0.607. The van der Waals surface area contributed by atoms with E-state index in [1.165, 1.54) is 11.1 Å². The molecule has 16 heavy (non-hydrogen) atoms. The lowest BCUT2D eigenvalue weighted by Gasteiger charge is -1.83. The predicted molar refractivity (Wildman–Crippen MR) is 71.0 cm³/mol. The van der Waals surface area contributed by atoms with Crippen molar-refractivity contribution in [2.75, 3.05) is 0 Å². The van der Waals surface area contributed by atoms with E-state index >= 15 is 0 Å². The number of rotatable bonds is 3. The zero-order valence-electron chi connectivity index (χ0n) is 9.08. The molecule has 0 atom stereocenters. The second-order valence-corrected chi connectivity index (χ2v) is 3.54. The summed E-state index contributed by atoms with van der Waals surface area (Å²) in [5.41, 5.74) is 2.48. The van der Waals surface area contributed by atoms with Gasteiger partial charge in [0.25, 0.3) is 0 Å². The molecule has 0 fully saturated rings. The number of allylic oxidation sites excluding steroid dienone is 16. The SMILES string of the molecule is C1=CC(=C/C=C/C=C/C=C2C=CC=C2)C=C1. The fourth-order valence-corrected chi connectivity index (χ4v) is 1.46. The fourth-order valence-electron chi connectivity index (χ4n) is 1.46. The van der Waals surface area contributed by atoms with E-state index in [2.05, 4.69) is 36.5 Å². The van der Waals surface area contributed by atoms with Gasteiger partial charge in [0, 0.05) is 0 Å². The van der Waals surface area contributed by atoms with Crippen LogP contribution >= 0.6 is 0 Å². The third-order valence-electron chi connectivity index (χ3n) is 2.29. The fraction of sp³-hybridized carbons (Fsp3) is 0. The highest BCUT2D eigenvalue weighted by Crippen LogP contribution is 2.07. The summed E-state index contributed by atoms with van der Waals surface area (Å²) in [7, 11) is 0. The van der Waals surface area contributed by atoms with Crippen molar-refractivity contribution in [3.05, 3.63) is 96.2 Å². The van der Waals surface area contributed by atoms with E-state index in [4.69, 9.17) is 0 Å². The molecule has 0 bridgehead atoms. The number of hydrogen-bond acceptors (Lipinski definition) is 0. The van der Waals surface area contributed by atoms with Gasteiger partial charge >= 0.3 is 0 Å². The Kier molecular flexibility index (Phi) is 3.73. The van der Waals surface area contributed by atoms with Crippen molar-refractivity contribution in [1.29, 1.82) is 0 Å². The Bertz CT molecular complexity index is 398. The van der Waals surface area contributed by atoms with Crippen molar-refractivity contribution < 1.29 is 0 Å². The molecule has 2 rings (SSSR count). The molecule has 0 N–H and O–H groups in total. The maximum atomic E-state index is 2.09. The van der Waals surface area contributed by atoms with Crippen LogP contribution in [0.25, 0.3) is 0 Å². The average Bonchev–Trinajstić information content (AvgIpc) is 2.96. The molecule has 0 nitrogen and oxygen atoms in total. The topological polar surface area (TPSA) is 0 Å². The zero-order chi connectivity index (χ0) is 11.1. The standard InChI is InChI=1S/C16H14/c1(3-9-15-11-5-6-12-15)2-4-10-16-13-7-8-14-16/h1-14H/b3-1+,4-2+. The van der Waals surface area contributed by atoms with E-state index in [0.29, 0.717) is 0 Å². The molecule has 2 aliphatic carbocycles. The van der Waals surface area contributed by atoms with E-state index in [9.17, 15) is 0 Å². The first-order valence-electron chi connectivity index (χ1n) is 5.40. The molecule has 2 aliphatic rings. The summed E-state index contributed by atoms with van der Waals surface area (Å²) in [5.74, 6) is 0. The van der Waals surface area contributed by atoms with Crippen LogP contribution in [0, 0.1) is 0 Å². The van der Waals surface area contributed by atoms with Gasteiger partial charge in [0.2, 0.25) is 0 Å². The Morgan fingerprint density at radius 3 is 1.25 bits per heavy atom. The Morgan fingerprint density at radius 1 is 0.500 bits per heavy atom. The molecule has 0 heteroatoms. The highest BCUT2D eigenvalue weighted by Gasteiger charge is 1.87. The third-order valence-corrected chi connectivity index (χ3v) is 2.29. The number of hydrogen-bond donors (Lipinski definition) is 0. The van der Waals surface area contributed by atoms with Crippen LogP contribution in [-0.2, 0) is 0 Å². The summed E-state index contributed by atoms with van der Waals surface area (Å²) in [6.45, 7) is 0. The van der Waals surface area contributed by atoms with E-state index in [1.54, 1.807) is 0 Å². The first-order valence-corrected chi connectivity index (χ1v) is 5.40. The minimum absolute atomic E-state index is 1.24. The van der Waals surface area contributed by atoms with E-state index < -0.39 is 0 Å². The smallest absolute Gasteiger partial charge is 0.0257 e. The lowest BCUT2D eigenvalue weighted by Crippen LogP contribution is -1.63. The molecule has 0 aromatic rings. The Morgan fingerprint density at radius 2 is 0.875 bits per heavy atom. The van der Waals surface area contributed by atoms with Gasteiger partial charge in [0.1, 0.15) is 0 Å². The minimum atomic E-state index is 1.24. The minimum Gasteiger partial charge on any atom is -0.0622 e. The van der Waals surface area contributed by atoms with Crippen LogP contribution in [0.3, 0.4) is 0 Å². The van der Waals surface area contributed by atoms with Crippen molar-refractivity contribution in [2.45, 2.75) is 0 Å². The molecule has 0 saturated heterocycles. The van der Waals surface area contributed by atoms with Crippen molar-refractivity contribution in [3.8, 4) is 0 Å². The van der Waals surface area contributed by atoms with E-state index in [0.717, 1.165) is 0 Å². The zero-order valence-corrected chi connectivity index (χ0v) is 9.08. The monoisotopic (exact) mass is 206 g/mol. The first-order chi connectivity index (χ1) is 7.95. The molecule has 0 radical (unpaired) electrons. The van der Waals surface area contributed by atoms with Crippen molar-refractivity contribution in [3.63, 3.8) is 0 Å². The normalized spacial score (nSPS) is 17.5. The highest BCUT2D eigenvalue weighted by atomic mass is 13.9. The lowest BCUT2D eigenvalue weighted by molar-refractivity contribution is 1.73. The third kappa shape index (κ3) is 3.25. The van der Waals surface area contributed by atoms with Crippen LogP contribution in [0.5, 0.6) is 0 Å².